The van der Waals surface area contributed by atoms with Gasteiger partial charge in [-0.3, -0.25) is 0 Å². The number of fused-ring (bicyclic) bond motifs is 1. The first-order valence-electron chi connectivity index (χ1n) is 8.61. The fourth-order valence-electron chi connectivity index (χ4n) is 3.00. The molecule has 3 aromatic carbocycles. The van der Waals surface area contributed by atoms with Gasteiger partial charge in [-0.25, -0.2) is 13.9 Å². The molecule has 0 radical (unpaired) electrons. The van der Waals surface area contributed by atoms with Crippen molar-refractivity contribution in [1.82, 2.24) is 9.78 Å². The van der Waals surface area contributed by atoms with Crippen LogP contribution in [0.15, 0.2) is 66.7 Å². The number of hydrogen-bond acceptors (Lipinski definition) is 3. The number of para-hydroxylation sites is 2. The number of aromatic nitrogens is 2. The van der Waals surface area contributed by atoms with Gasteiger partial charge in [0.25, 0.3) is 0 Å². The fraction of sp³-hybridized carbons (Fsp3) is 0.0476. The quantitative estimate of drug-likeness (QED) is 0.435. The first-order chi connectivity index (χ1) is 14.3. The number of benzene rings is 3. The highest BCUT2D eigenvalue weighted by Gasteiger charge is 2.34. The molecule has 1 N–H and O–H groups in total. The average molecular weight is 416 g/mol. The van der Waals surface area contributed by atoms with Gasteiger partial charge < -0.3 is 9.84 Å². The van der Waals surface area contributed by atoms with E-state index in [1.54, 1.807) is 24.3 Å². The van der Waals surface area contributed by atoms with E-state index in [2.05, 4.69) is 5.10 Å². The number of ether oxygens (including phenoxy) is 1. The highest BCUT2D eigenvalue weighted by atomic mass is 19.4. The summed E-state index contributed by atoms with van der Waals surface area (Å²) in [4.78, 5) is 11.0. The summed E-state index contributed by atoms with van der Waals surface area (Å²) in [7, 11) is 0. The monoisotopic (exact) mass is 416 g/mol. The zero-order valence-corrected chi connectivity index (χ0v) is 15.0. The average Bonchev–Trinajstić information content (AvgIpc) is 3.06. The Bertz CT molecular complexity index is 1260. The van der Waals surface area contributed by atoms with Gasteiger partial charge in [0.15, 0.2) is 0 Å². The van der Waals surface area contributed by atoms with Crippen molar-refractivity contribution in [2.24, 2.45) is 0 Å². The van der Waals surface area contributed by atoms with Crippen molar-refractivity contribution >= 4 is 16.9 Å². The third-order valence-electron chi connectivity index (χ3n) is 4.38. The van der Waals surface area contributed by atoms with Gasteiger partial charge in [0.1, 0.15) is 17.3 Å². The van der Waals surface area contributed by atoms with E-state index in [9.17, 15) is 22.4 Å². The lowest BCUT2D eigenvalue weighted by atomic mass is 10.2. The topological polar surface area (TPSA) is 64.3 Å². The van der Waals surface area contributed by atoms with Crippen LogP contribution in [0.5, 0.6) is 11.6 Å². The molecule has 0 aliphatic rings. The Labute approximate surface area is 166 Å². The van der Waals surface area contributed by atoms with Crippen LogP contribution in [-0.4, -0.2) is 20.9 Å². The van der Waals surface area contributed by atoms with E-state index in [1.807, 2.05) is 0 Å². The van der Waals surface area contributed by atoms with Crippen molar-refractivity contribution in [3.05, 3.63) is 83.7 Å². The lowest BCUT2D eigenvalue weighted by Gasteiger charge is -2.12. The van der Waals surface area contributed by atoms with Crippen LogP contribution in [0.2, 0.25) is 0 Å². The standard InChI is InChI=1S/C21H12F4N2O3/c22-15-11-12(20(28)29)9-10-17(15)27-16-7-3-1-5-13(16)19(26-27)30-18-8-4-2-6-14(18)21(23,24)25/h1-11H,(H,28,29). The Kier molecular flexibility index (Phi) is 4.65. The number of alkyl halides is 3. The van der Waals surface area contributed by atoms with Crippen molar-refractivity contribution in [1.29, 1.82) is 0 Å². The summed E-state index contributed by atoms with van der Waals surface area (Å²) >= 11 is 0. The molecule has 1 aromatic heterocycles. The molecule has 0 saturated carbocycles. The molecule has 5 nitrogen and oxygen atoms in total. The summed E-state index contributed by atoms with van der Waals surface area (Å²) in [5.41, 5.74) is -0.918. The van der Waals surface area contributed by atoms with Crippen LogP contribution < -0.4 is 4.74 Å². The summed E-state index contributed by atoms with van der Waals surface area (Å²) in [5.74, 6) is -2.74. The molecule has 30 heavy (non-hydrogen) atoms. The van der Waals surface area contributed by atoms with E-state index in [0.717, 1.165) is 16.8 Å². The Balaban J connectivity index is 1.85. The van der Waals surface area contributed by atoms with Gasteiger partial charge in [-0.15, -0.1) is 5.10 Å². The summed E-state index contributed by atoms with van der Waals surface area (Å²) < 4.78 is 61.1. The number of halogens is 4. The van der Waals surface area contributed by atoms with Crippen molar-refractivity contribution in [2.45, 2.75) is 6.18 Å². The molecule has 1 heterocycles. The first kappa shape index (κ1) is 19.4. The van der Waals surface area contributed by atoms with Gasteiger partial charge in [0.05, 0.1) is 22.0 Å². The SMILES string of the molecule is O=C(O)c1ccc(-n2nc(Oc3ccccc3C(F)(F)F)c3ccccc32)c(F)c1. The molecule has 0 aliphatic carbocycles. The number of carboxylic acids is 1. The van der Waals surface area contributed by atoms with Gasteiger partial charge >= 0.3 is 12.1 Å². The third kappa shape index (κ3) is 3.45. The lowest BCUT2D eigenvalue weighted by Crippen LogP contribution is -2.07. The molecule has 9 heteroatoms. The Morgan fingerprint density at radius 1 is 1.00 bits per heavy atom. The minimum absolute atomic E-state index is 0.0739. The second-order valence-corrected chi connectivity index (χ2v) is 6.30. The minimum atomic E-state index is -4.63. The summed E-state index contributed by atoms with van der Waals surface area (Å²) in [5, 5.41) is 13.5. The number of nitrogens with zero attached hydrogens (tertiary/aromatic N) is 2. The van der Waals surface area contributed by atoms with Gasteiger partial charge in [-0.05, 0) is 42.5 Å². The molecule has 0 atom stereocenters. The predicted molar refractivity (Wildman–Crippen MR) is 99.5 cm³/mol. The van der Waals surface area contributed by atoms with Crippen LogP contribution in [0.4, 0.5) is 17.6 Å². The molecular formula is C21H12F4N2O3. The van der Waals surface area contributed by atoms with Gasteiger partial charge in [-0.2, -0.15) is 13.2 Å². The Morgan fingerprint density at radius 3 is 2.40 bits per heavy atom. The molecule has 0 amide bonds. The summed E-state index contributed by atoms with van der Waals surface area (Å²) in [6.07, 6.45) is -4.63. The molecular weight excluding hydrogens is 404 g/mol. The summed E-state index contributed by atoms with van der Waals surface area (Å²) in [6.45, 7) is 0. The van der Waals surface area contributed by atoms with Crippen LogP contribution in [-0.2, 0) is 6.18 Å². The number of carboxylic acid groups (broad SMARTS) is 1. The van der Waals surface area contributed by atoms with Crippen LogP contribution in [0.3, 0.4) is 0 Å². The molecule has 4 rings (SSSR count). The highest BCUT2D eigenvalue weighted by Crippen LogP contribution is 2.39. The van der Waals surface area contributed by atoms with Crippen molar-refractivity contribution < 1.29 is 32.2 Å². The van der Waals surface area contributed by atoms with Crippen LogP contribution in [0.1, 0.15) is 15.9 Å². The van der Waals surface area contributed by atoms with E-state index in [0.29, 0.717) is 10.9 Å². The van der Waals surface area contributed by atoms with E-state index in [4.69, 9.17) is 9.84 Å². The molecule has 0 bridgehead atoms. The van der Waals surface area contributed by atoms with Crippen LogP contribution in [0, 0.1) is 5.82 Å². The minimum Gasteiger partial charge on any atom is -0.478 e. The van der Waals surface area contributed by atoms with Crippen LogP contribution >= 0.6 is 0 Å². The molecule has 0 fully saturated rings. The van der Waals surface area contributed by atoms with E-state index in [1.165, 1.54) is 30.3 Å². The second-order valence-electron chi connectivity index (χ2n) is 6.30. The zero-order valence-electron chi connectivity index (χ0n) is 15.0. The Morgan fingerprint density at radius 2 is 1.70 bits per heavy atom. The fourth-order valence-corrected chi connectivity index (χ4v) is 3.00. The molecule has 0 spiro atoms. The number of rotatable bonds is 4. The second kappa shape index (κ2) is 7.18. The molecule has 0 saturated heterocycles. The maximum absolute atomic E-state index is 14.6. The molecule has 152 valence electrons. The van der Waals surface area contributed by atoms with E-state index < -0.39 is 29.3 Å². The smallest absolute Gasteiger partial charge is 0.419 e. The van der Waals surface area contributed by atoms with Crippen molar-refractivity contribution in [3.63, 3.8) is 0 Å². The third-order valence-corrected chi connectivity index (χ3v) is 4.38. The number of aromatic carboxylic acids is 1. The van der Waals surface area contributed by atoms with Gasteiger partial charge in [0, 0.05) is 0 Å². The van der Waals surface area contributed by atoms with Gasteiger partial charge in [-0.1, -0.05) is 24.3 Å². The van der Waals surface area contributed by atoms with Crippen molar-refractivity contribution in [2.75, 3.05) is 0 Å². The number of carbonyl (C=O) groups is 1. The predicted octanol–water partition coefficient (Wildman–Crippen LogP) is 5.67. The lowest BCUT2D eigenvalue weighted by molar-refractivity contribution is -0.138. The van der Waals surface area contributed by atoms with Gasteiger partial charge in [0.2, 0.25) is 5.88 Å². The molecule has 0 aliphatic heterocycles. The maximum atomic E-state index is 14.6. The first-order valence-corrected chi connectivity index (χ1v) is 8.61. The summed E-state index contributed by atoms with van der Waals surface area (Å²) in [6, 6.07) is 14.4. The maximum Gasteiger partial charge on any atom is 0.419 e. The Hall–Kier alpha value is -3.88. The van der Waals surface area contributed by atoms with E-state index >= 15 is 0 Å². The normalized spacial score (nSPS) is 11.6. The molecule has 4 aromatic rings. The highest BCUT2D eigenvalue weighted by molar-refractivity contribution is 5.89. The molecule has 0 unspecified atom stereocenters. The van der Waals surface area contributed by atoms with Crippen molar-refractivity contribution in [3.8, 4) is 17.3 Å². The zero-order chi connectivity index (χ0) is 21.5. The number of hydrogen-bond donors (Lipinski definition) is 1. The largest absolute Gasteiger partial charge is 0.478 e. The van der Waals surface area contributed by atoms with Crippen LogP contribution in [0.25, 0.3) is 16.6 Å². The van der Waals surface area contributed by atoms with E-state index in [-0.39, 0.29) is 17.1 Å².